The highest BCUT2D eigenvalue weighted by molar-refractivity contribution is 6.23. The lowest BCUT2D eigenvalue weighted by Crippen LogP contribution is -2.40. The molecule has 2 heterocycles. The molecule has 140 valence electrons. The number of hydrogen-bond donors (Lipinski definition) is 0. The van der Waals surface area contributed by atoms with Gasteiger partial charge in [-0.25, -0.2) is 9.96 Å². The van der Waals surface area contributed by atoms with Crippen LogP contribution in [-0.4, -0.2) is 31.1 Å². The molecule has 0 spiro atoms. The highest BCUT2D eigenvalue weighted by Gasteiger charge is 2.59. The summed E-state index contributed by atoms with van der Waals surface area (Å²) in [6, 6.07) is 16.4. The molecule has 0 radical (unpaired) electrons. The van der Waals surface area contributed by atoms with Gasteiger partial charge in [-0.3, -0.25) is 14.4 Å². The van der Waals surface area contributed by atoms with Crippen molar-refractivity contribution >= 4 is 23.2 Å². The van der Waals surface area contributed by atoms with Gasteiger partial charge in [0.15, 0.2) is 6.10 Å². The van der Waals surface area contributed by atoms with E-state index in [-0.39, 0.29) is 17.9 Å². The van der Waals surface area contributed by atoms with Crippen LogP contribution in [0.2, 0.25) is 0 Å². The smallest absolute Gasteiger partial charge is 0.266 e. The van der Waals surface area contributed by atoms with Crippen molar-refractivity contribution in [3.05, 3.63) is 54.6 Å². The summed E-state index contributed by atoms with van der Waals surface area (Å²) in [5.41, 5.74) is 1.41. The minimum absolute atomic E-state index is 0.165. The van der Waals surface area contributed by atoms with Crippen LogP contribution in [0.15, 0.2) is 54.6 Å². The summed E-state index contributed by atoms with van der Waals surface area (Å²) in [7, 11) is 1.58. The van der Waals surface area contributed by atoms with E-state index in [1.165, 1.54) is 4.90 Å². The van der Waals surface area contributed by atoms with E-state index >= 15 is 0 Å². The van der Waals surface area contributed by atoms with E-state index in [2.05, 4.69) is 6.92 Å². The monoisotopic (exact) mass is 366 g/mol. The molecule has 6 nitrogen and oxygen atoms in total. The van der Waals surface area contributed by atoms with Gasteiger partial charge in [0.1, 0.15) is 5.75 Å². The van der Waals surface area contributed by atoms with Crippen LogP contribution in [0.5, 0.6) is 5.75 Å². The highest BCUT2D eigenvalue weighted by Crippen LogP contribution is 2.41. The predicted molar refractivity (Wildman–Crippen MR) is 101 cm³/mol. The third-order valence-electron chi connectivity index (χ3n) is 5.16. The van der Waals surface area contributed by atoms with Crippen molar-refractivity contribution in [3.63, 3.8) is 0 Å². The number of methoxy groups -OCH3 is 1. The summed E-state index contributed by atoms with van der Waals surface area (Å²) in [5, 5.41) is 1.75. The Morgan fingerprint density at radius 1 is 0.963 bits per heavy atom. The molecule has 2 fully saturated rings. The molecule has 27 heavy (non-hydrogen) atoms. The number of fused-ring (bicyclic) bond motifs is 1. The molecule has 2 amide bonds. The molecule has 0 aliphatic carbocycles. The molecule has 2 aliphatic rings. The summed E-state index contributed by atoms with van der Waals surface area (Å²) in [6.07, 6.45) is 0.882. The number of carbonyl (C=O) groups excluding carboxylic acids is 2. The van der Waals surface area contributed by atoms with Crippen LogP contribution in [0.4, 0.5) is 11.4 Å². The predicted octanol–water partition coefficient (Wildman–Crippen LogP) is 3.17. The second-order valence-electron chi connectivity index (χ2n) is 6.78. The fourth-order valence-electron chi connectivity index (χ4n) is 3.90. The Kier molecular flexibility index (Phi) is 4.58. The topological polar surface area (TPSA) is 59.1 Å². The molecule has 2 aromatic carbocycles. The zero-order valence-electron chi connectivity index (χ0n) is 15.4. The lowest BCUT2D eigenvalue weighted by Gasteiger charge is -2.28. The van der Waals surface area contributed by atoms with Crippen molar-refractivity contribution in [2.45, 2.75) is 31.9 Å². The second-order valence-corrected chi connectivity index (χ2v) is 6.78. The normalized spacial score (nSPS) is 24.4. The molecule has 6 heteroatoms. The molecular formula is C21H22N2O4. The summed E-state index contributed by atoms with van der Waals surface area (Å²) < 4.78 is 5.15. The minimum atomic E-state index is -0.781. The van der Waals surface area contributed by atoms with Gasteiger partial charge in [-0.2, -0.15) is 0 Å². The van der Waals surface area contributed by atoms with E-state index in [9.17, 15) is 9.59 Å². The Bertz CT molecular complexity index is 837. The first-order valence-electron chi connectivity index (χ1n) is 9.18. The number of para-hydroxylation sites is 1. The number of benzene rings is 2. The zero-order chi connectivity index (χ0) is 19.0. The minimum Gasteiger partial charge on any atom is -0.497 e. The fraction of sp³-hybridized carbons (Fsp3) is 0.333. The van der Waals surface area contributed by atoms with Crippen LogP contribution >= 0.6 is 0 Å². The van der Waals surface area contributed by atoms with Crippen molar-refractivity contribution in [2.24, 2.45) is 5.92 Å². The van der Waals surface area contributed by atoms with E-state index in [4.69, 9.17) is 9.57 Å². The molecule has 2 aliphatic heterocycles. The van der Waals surface area contributed by atoms with Gasteiger partial charge in [0.25, 0.3) is 5.91 Å². The Morgan fingerprint density at radius 2 is 1.67 bits per heavy atom. The first kappa shape index (κ1) is 17.5. The Balaban J connectivity index is 1.65. The first-order valence-corrected chi connectivity index (χ1v) is 9.18. The molecule has 0 aromatic heterocycles. The SMILES string of the molecule is CCC[C@@H]1[C@@H]2C(=O)N(c3ccc(OC)cc3)C(=O)[C@@H]2ON1c1ccccc1. The molecular weight excluding hydrogens is 344 g/mol. The number of amides is 2. The van der Waals surface area contributed by atoms with Crippen LogP contribution in [-0.2, 0) is 14.4 Å². The zero-order valence-corrected chi connectivity index (χ0v) is 15.4. The number of anilines is 2. The van der Waals surface area contributed by atoms with Gasteiger partial charge in [-0.1, -0.05) is 31.5 Å². The summed E-state index contributed by atoms with van der Waals surface area (Å²) in [6.45, 7) is 2.07. The molecule has 3 atom stereocenters. The fourth-order valence-corrected chi connectivity index (χ4v) is 3.90. The number of hydrogen-bond acceptors (Lipinski definition) is 5. The third-order valence-corrected chi connectivity index (χ3v) is 5.16. The lowest BCUT2D eigenvalue weighted by molar-refractivity contribution is -0.126. The van der Waals surface area contributed by atoms with Crippen molar-refractivity contribution in [3.8, 4) is 5.75 Å². The van der Waals surface area contributed by atoms with Gasteiger partial charge in [0, 0.05) is 0 Å². The van der Waals surface area contributed by atoms with Crippen molar-refractivity contribution < 1.29 is 19.2 Å². The average Bonchev–Trinajstić information content (AvgIpc) is 3.19. The maximum absolute atomic E-state index is 13.2. The Hall–Kier alpha value is -2.86. The van der Waals surface area contributed by atoms with Crippen molar-refractivity contribution in [1.29, 1.82) is 0 Å². The second kappa shape index (κ2) is 7.04. The first-order chi connectivity index (χ1) is 13.2. The van der Waals surface area contributed by atoms with Crippen molar-refractivity contribution in [2.75, 3.05) is 17.1 Å². The number of hydroxylamine groups is 1. The van der Waals surface area contributed by atoms with Gasteiger partial charge in [0.05, 0.1) is 30.4 Å². The van der Waals surface area contributed by atoms with Gasteiger partial charge >= 0.3 is 0 Å². The van der Waals surface area contributed by atoms with Crippen LogP contribution in [0.25, 0.3) is 0 Å². The number of nitrogens with zero attached hydrogens (tertiary/aromatic N) is 2. The van der Waals surface area contributed by atoms with E-state index in [1.54, 1.807) is 36.4 Å². The molecule has 0 bridgehead atoms. The Morgan fingerprint density at radius 3 is 2.30 bits per heavy atom. The van der Waals surface area contributed by atoms with Crippen LogP contribution in [0, 0.1) is 5.92 Å². The van der Waals surface area contributed by atoms with Gasteiger partial charge in [0.2, 0.25) is 5.91 Å². The van der Waals surface area contributed by atoms with Gasteiger partial charge in [-0.15, -0.1) is 0 Å². The third kappa shape index (κ3) is 2.86. The number of imide groups is 1. The van der Waals surface area contributed by atoms with Gasteiger partial charge < -0.3 is 4.74 Å². The lowest BCUT2D eigenvalue weighted by atomic mass is 9.93. The quantitative estimate of drug-likeness (QED) is 0.761. The molecule has 0 N–H and O–H groups in total. The molecule has 4 rings (SSSR count). The van der Waals surface area contributed by atoms with E-state index in [1.807, 2.05) is 30.3 Å². The number of rotatable bonds is 5. The van der Waals surface area contributed by atoms with Crippen molar-refractivity contribution in [1.82, 2.24) is 0 Å². The molecule has 2 saturated heterocycles. The van der Waals surface area contributed by atoms with Gasteiger partial charge in [-0.05, 0) is 42.8 Å². The van der Waals surface area contributed by atoms with Crippen LogP contribution in [0.1, 0.15) is 19.8 Å². The summed E-state index contributed by atoms with van der Waals surface area (Å²) >= 11 is 0. The van der Waals surface area contributed by atoms with E-state index < -0.39 is 12.0 Å². The largest absolute Gasteiger partial charge is 0.497 e. The maximum Gasteiger partial charge on any atom is 0.266 e. The van der Waals surface area contributed by atoms with Crippen LogP contribution < -0.4 is 14.7 Å². The molecule has 0 saturated carbocycles. The van der Waals surface area contributed by atoms with Crippen LogP contribution in [0.3, 0.4) is 0 Å². The summed E-state index contributed by atoms with van der Waals surface area (Å²) in [4.78, 5) is 33.4. The number of carbonyl (C=O) groups is 2. The molecule has 2 aromatic rings. The van der Waals surface area contributed by atoms with E-state index in [0.29, 0.717) is 11.4 Å². The average molecular weight is 366 g/mol. The summed E-state index contributed by atoms with van der Waals surface area (Å²) in [5.74, 6) is -0.338. The van der Waals surface area contributed by atoms with E-state index in [0.717, 1.165) is 18.5 Å². The highest BCUT2D eigenvalue weighted by atomic mass is 16.7. The standard InChI is InChI=1S/C21H22N2O4/c1-3-7-17-18-19(27-23(17)15-8-5-4-6-9-15)21(25)22(20(18)24)14-10-12-16(26-2)13-11-14/h4-6,8-13,17-19H,3,7H2,1-2H3/t17-,18+,19-/m1/s1. The maximum atomic E-state index is 13.2. The number of ether oxygens (including phenoxy) is 1. The Labute approximate surface area is 158 Å². The molecule has 0 unspecified atom stereocenters.